The number of hydrogen-bond acceptors (Lipinski definition) is 2. The first-order valence-electron chi connectivity index (χ1n) is 6.92. The fourth-order valence-corrected chi connectivity index (χ4v) is 3.00. The monoisotopic (exact) mass is 266 g/mol. The molecule has 0 saturated heterocycles. The van der Waals surface area contributed by atoms with E-state index in [1.165, 1.54) is 31.2 Å². The summed E-state index contributed by atoms with van der Waals surface area (Å²) in [5.74, 6) is 0.633. The van der Waals surface area contributed by atoms with Crippen molar-refractivity contribution in [3.63, 3.8) is 0 Å². The van der Waals surface area contributed by atoms with Crippen molar-refractivity contribution < 1.29 is 0 Å². The largest absolute Gasteiger partial charge is 0.330 e. The summed E-state index contributed by atoms with van der Waals surface area (Å²) < 4.78 is 0. The number of hydrogen-bond donors (Lipinski definition) is 2. The van der Waals surface area contributed by atoms with Gasteiger partial charge in [0, 0.05) is 17.1 Å². The lowest BCUT2D eigenvalue weighted by molar-refractivity contribution is 0.252. The molecule has 0 heterocycles. The molecule has 3 unspecified atom stereocenters. The Labute approximate surface area is 115 Å². The van der Waals surface area contributed by atoms with Crippen molar-refractivity contribution in [3.8, 4) is 0 Å². The highest BCUT2D eigenvalue weighted by molar-refractivity contribution is 6.30. The Morgan fingerprint density at radius 3 is 2.61 bits per heavy atom. The third kappa shape index (κ3) is 3.47. The lowest BCUT2D eigenvalue weighted by Crippen LogP contribution is -2.42. The highest BCUT2D eigenvalue weighted by atomic mass is 35.5. The molecular weight excluding hydrogens is 244 g/mol. The SMILES string of the molecule is CC(NC1CCCCC1CN)c1ccc(Cl)cc1. The molecule has 18 heavy (non-hydrogen) atoms. The topological polar surface area (TPSA) is 38.0 Å². The molecule has 1 fully saturated rings. The highest BCUT2D eigenvalue weighted by Gasteiger charge is 2.25. The van der Waals surface area contributed by atoms with Crippen LogP contribution in [0.3, 0.4) is 0 Å². The van der Waals surface area contributed by atoms with Gasteiger partial charge in [-0.3, -0.25) is 0 Å². The first-order chi connectivity index (χ1) is 8.70. The summed E-state index contributed by atoms with van der Waals surface area (Å²) in [6.07, 6.45) is 5.16. The number of benzene rings is 1. The predicted molar refractivity (Wildman–Crippen MR) is 77.8 cm³/mol. The van der Waals surface area contributed by atoms with Crippen molar-refractivity contribution >= 4 is 11.6 Å². The summed E-state index contributed by atoms with van der Waals surface area (Å²) in [5.41, 5.74) is 7.16. The molecule has 0 amide bonds. The summed E-state index contributed by atoms with van der Waals surface area (Å²) in [5, 5.41) is 4.53. The van der Waals surface area contributed by atoms with E-state index in [-0.39, 0.29) is 0 Å². The van der Waals surface area contributed by atoms with Gasteiger partial charge in [-0.05, 0) is 49.9 Å². The van der Waals surface area contributed by atoms with Crippen LogP contribution in [0.5, 0.6) is 0 Å². The summed E-state index contributed by atoms with van der Waals surface area (Å²) in [4.78, 5) is 0. The molecule has 3 N–H and O–H groups in total. The second-order valence-electron chi connectivity index (χ2n) is 5.33. The van der Waals surface area contributed by atoms with Gasteiger partial charge in [0.05, 0.1) is 0 Å². The van der Waals surface area contributed by atoms with E-state index in [1.807, 2.05) is 12.1 Å². The number of rotatable bonds is 4. The normalized spacial score (nSPS) is 25.9. The van der Waals surface area contributed by atoms with Crippen LogP contribution in [0, 0.1) is 5.92 Å². The van der Waals surface area contributed by atoms with E-state index in [2.05, 4.69) is 24.4 Å². The van der Waals surface area contributed by atoms with Crippen molar-refractivity contribution in [2.75, 3.05) is 6.54 Å². The minimum absolute atomic E-state index is 0.361. The quantitative estimate of drug-likeness (QED) is 0.875. The van der Waals surface area contributed by atoms with Crippen molar-refractivity contribution in [2.24, 2.45) is 11.7 Å². The highest BCUT2D eigenvalue weighted by Crippen LogP contribution is 2.26. The zero-order chi connectivity index (χ0) is 13.0. The first kappa shape index (κ1) is 13.9. The van der Waals surface area contributed by atoms with Crippen LogP contribution in [-0.2, 0) is 0 Å². The third-order valence-electron chi connectivity index (χ3n) is 4.05. The zero-order valence-corrected chi connectivity index (χ0v) is 11.8. The number of halogens is 1. The van der Waals surface area contributed by atoms with Gasteiger partial charge in [-0.2, -0.15) is 0 Å². The molecule has 3 heteroatoms. The van der Waals surface area contributed by atoms with Crippen molar-refractivity contribution in [3.05, 3.63) is 34.9 Å². The van der Waals surface area contributed by atoms with E-state index >= 15 is 0 Å². The summed E-state index contributed by atoms with van der Waals surface area (Å²) in [7, 11) is 0. The van der Waals surface area contributed by atoms with Gasteiger partial charge in [0.15, 0.2) is 0 Å². The smallest absolute Gasteiger partial charge is 0.0406 e. The Morgan fingerprint density at radius 2 is 1.94 bits per heavy atom. The van der Waals surface area contributed by atoms with Crippen molar-refractivity contribution in [1.82, 2.24) is 5.32 Å². The Balaban J connectivity index is 1.97. The molecule has 100 valence electrons. The Hall–Kier alpha value is -0.570. The molecule has 1 aromatic rings. The van der Waals surface area contributed by atoms with Crippen LogP contribution >= 0.6 is 11.6 Å². The van der Waals surface area contributed by atoms with Crippen LogP contribution in [0.2, 0.25) is 5.02 Å². The fraction of sp³-hybridized carbons (Fsp3) is 0.600. The zero-order valence-electron chi connectivity index (χ0n) is 11.0. The van der Waals surface area contributed by atoms with Crippen LogP contribution in [0.25, 0.3) is 0 Å². The average Bonchev–Trinajstić information content (AvgIpc) is 2.40. The second kappa shape index (κ2) is 6.55. The van der Waals surface area contributed by atoms with Crippen LogP contribution in [0.1, 0.15) is 44.2 Å². The molecule has 3 atom stereocenters. The minimum Gasteiger partial charge on any atom is -0.330 e. The third-order valence-corrected chi connectivity index (χ3v) is 4.30. The predicted octanol–water partition coefficient (Wildman–Crippen LogP) is 3.51. The molecule has 0 aliphatic heterocycles. The van der Waals surface area contributed by atoms with E-state index in [4.69, 9.17) is 17.3 Å². The fourth-order valence-electron chi connectivity index (χ4n) is 2.88. The number of nitrogens with two attached hydrogens (primary N) is 1. The molecule has 0 spiro atoms. The molecule has 1 aliphatic carbocycles. The van der Waals surface area contributed by atoms with Gasteiger partial charge in [-0.15, -0.1) is 0 Å². The van der Waals surface area contributed by atoms with Gasteiger partial charge in [0.2, 0.25) is 0 Å². The molecule has 0 radical (unpaired) electrons. The van der Waals surface area contributed by atoms with Gasteiger partial charge in [-0.1, -0.05) is 36.6 Å². The van der Waals surface area contributed by atoms with Gasteiger partial charge in [0.25, 0.3) is 0 Å². The van der Waals surface area contributed by atoms with Crippen LogP contribution < -0.4 is 11.1 Å². The van der Waals surface area contributed by atoms with Crippen LogP contribution in [-0.4, -0.2) is 12.6 Å². The standard InChI is InChI=1S/C15H23ClN2/c1-11(12-6-8-14(16)9-7-12)18-15-5-3-2-4-13(15)10-17/h6-9,11,13,15,18H,2-5,10,17H2,1H3. The lowest BCUT2D eigenvalue weighted by Gasteiger charge is -2.33. The molecule has 1 saturated carbocycles. The maximum absolute atomic E-state index is 5.92. The first-order valence-corrected chi connectivity index (χ1v) is 7.30. The van der Waals surface area contributed by atoms with Crippen LogP contribution in [0.15, 0.2) is 24.3 Å². The summed E-state index contributed by atoms with van der Waals surface area (Å²) in [6, 6.07) is 9.03. The molecule has 2 nitrogen and oxygen atoms in total. The van der Waals surface area contributed by atoms with E-state index in [1.54, 1.807) is 0 Å². The molecule has 0 bridgehead atoms. The van der Waals surface area contributed by atoms with E-state index in [0.29, 0.717) is 18.0 Å². The van der Waals surface area contributed by atoms with Crippen molar-refractivity contribution in [2.45, 2.75) is 44.7 Å². The van der Waals surface area contributed by atoms with Gasteiger partial charge in [-0.25, -0.2) is 0 Å². The Bertz CT molecular complexity index is 363. The Kier molecular flexibility index (Phi) is 5.04. The molecule has 2 rings (SSSR count). The molecule has 1 aromatic carbocycles. The average molecular weight is 267 g/mol. The second-order valence-corrected chi connectivity index (χ2v) is 5.76. The molecular formula is C15H23ClN2. The van der Waals surface area contributed by atoms with Gasteiger partial charge >= 0.3 is 0 Å². The van der Waals surface area contributed by atoms with Gasteiger partial charge < -0.3 is 11.1 Å². The minimum atomic E-state index is 0.361. The molecule has 1 aliphatic rings. The molecule has 0 aromatic heterocycles. The summed E-state index contributed by atoms with van der Waals surface area (Å²) >= 11 is 5.92. The maximum Gasteiger partial charge on any atom is 0.0406 e. The van der Waals surface area contributed by atoms with E-state index in [9.17, 15) is 0 Å². The lowest BCUT2D eigenvalue weighted by atomic mass is 9.84. The van der Waals surface area contributed by atoms with Gasteiger partial charge in [0.1, 0.15) is 0 Å². The van der Waals surface area contributed by atoms with E-state index in [0.717, 1.165) is 11.6 Å². The Morgan fingerprint density at radius 1 is 1.28 bits per heavy atom. The van der Waals surface area contributed by atoms with E-state index < -0.39 is 0 Å². The van der Waals surface area contributed by atoms with Crippen LogP contribution in [0.4, 0.5) is 0 Å². The van der Waals surface area contributed by atoms with Crippen molar-refractivity contribution in [1.29, 1.82) is 0 Å². The number of nitrogens with one attached hydrogen (secondary N) is 1. The summed E-state index contributed by atoms with van der Waals surface area (Å²) in [6.45, 7) is 3.01. The maximum atomic E-state index is 5.92.